The van der Waals surface area contributed by atoms with Crippen LogP contribution in [0, 0.1) is 5.92 Å². The van der Waals surface area contributed by atoms with Gasteiger partial charge in [-0.05, 0) is 105 Å². The molecular weight excluding hydrogens is 512 g/mol. The van der Waals surface area contributed by atoms with Crippen LogP contribution in [0.4, 0.5) is 5.69 Å². The molecule has 0 heterocycles. The van der Waals surface area contributed by atoms with Crippen LogP contribution in [0.1, 0.15) is 52.0 Å². The topological polar surface area (TPSA) is 43.2 Å². The zero-order valence-corrected chi connectivity index (χ0v) is 23.6. The van der Waals surface area contributed by atoms with Crippen LogP contribution in [-0.2, 0) is 4.74 Å². The number of methoxy groups -OCH3 is 2. The molecule has 2 aromatic carbocycles. The minimum Gasteiger partial charge on any atom is -0.497 e. The lowest BCUT2D eigenvalue weighted by atomic mass is 10.0. The average molecular weight is 550 g/mol. The normalized spacial score (nSPS) is 16.3. The van der Waals surface area contributed by atoms with Gasteiger partial charge in [0.2, 0.25) is 0 Å². The van der Waals surface area contributed by atoms with Crippen molar-refractivity contribution in [3.63, 3.8) is 0 Å². The average Bonchev–Trinajstić information content (AvgIpc) is 2.87. The maximum absolute atomic E-state index is 5.68. The summed E-state index contributed by atoms with van der Waals surface area (Å²) in [7, 11) is 3.39. The van der Waals surface area contributed by atoms with Gasteiger partial charge in [0.25, 0.3) is 0 Å². The lowest BCUT2D eigenvalue weighted by Crippen LogP contribution is -2.04. The molecule has 0 aromatic heterocycles. The van der Waals surface area contributed by atoms with Crippen molar-refractivity contribution >= 4 is 34.0 Å². The number of benzene rings is 2. The van der Waals surface area contributed by atoms with Gasteiger partial charge in [0.05, 0.1) is 25.9 Å². The molecule has 3 rings (SSSR count). The molecule has 0 amide bonds. The van der Waals surface area contributed by atoms with Crippen molar-refractivity contribution in [2.24, 2.45) is 15.9 Å². The predicted molar refractivity (Wildman–Crippen MR) is 157 cm³/mol. The third kappa shape index (κ3) is 8.63. The quantitative estimate of drug-likeness (QED) is 0.208. The summed E-state index contributed by atoms with van der Waals surface area (Å²) in [6.07, 6.45) is 16.5. The van der Waals surface area contributed by atoms with Gasteiger partial charge in [0.1, 0.15) is 11.5 Å². The first-order chi connectivity index (χ1) is 17.4. The first kappa shape index (κ1) is 27.7. The standard InChI is InChI=1S/C31H37BrN2O2/c1-22(2)7-6-8-23(3)15-16-33-28-11-14-31(36-5)30(20-28)25-17-24(18-26(32)19-25)21-34-27-9-12-29(35-4)13-10-27/h7,9,11-14,16-21,23,27H,6,8,10,15H2,1-5H3/b33-16+,34-21+. The van der Waals surface area contributed by atoms with E-state index in [1.807, 2.05) is 30.6 Å². The third-order valence-electron chi connectivity index (χ3n) is 6.07. The van der Waals surface area contributed by atoms with Gasteiger partial charge in [-0.3, -0.25) is 9.98 Å². The van der Waals surface area contributed by atoms with Crippen LogP contribution in [0.15, 0.2) is 86.5 Å². The molecule has 0 saturated heterocycles. The van der Waals surface area contributed by atoms with Crippen LogP contribution in [0.3, 0.4) is 0 Å². The summed E-state index contributed by atoms with van der Waals surface area (Å²) in [5.41, 5.74) is 5.38. The first-order valence-electron chi connectivity index (χ1n) is 12.5. The molecule has 0 aliphatic heterocycles. The molecule has 0 bridgehead atoms. The summed E-state index contributed by atoms with van der Waals surface area (Å²) < 4.78 is 11.9. The molecule has 2 atom stereocenters. The lowest BCUT2D eigenvalue weighted by molar-refractivity contribution is 0.303. The van der Waals surface area contributed by atoms with Gasteiger partial charge in [0.15, 0.2) is 0 Å². The highest BCUT2D eigenvalue weighted by molar-refractivity contribution is 9.10. The maximum atomic E-state index is 5.68. The van der Waals surface area contributed by atoms with Crippen LogP contribution in [-0.4, -0.2) is 32.7 Å². The van der Waals surface area contributed by atoms with E-state index in [4.69, 9.17) is 19.5 Å². The van der Waals surface area contributed by atoms with Crippen LogP contribution in [0.5, 0.6) is 5.75 Å². The van der Waals surface area contributed by atoms with Crippen LogP contribution in [0.25, 0.3) is 11.1 Å². The molecule has 2 aromatic rings. The second kappa shape index (κ2) is 14.0. The number of nitrogens with zero attached hydrogens (tertiary/aromatic N) is 2. The van der Waals surface area contributed by atoms with Crippen molar-refractivity contribution in [1.82, 2.24) is 0 Å². The molecule has 1 aliphatic rings. The Morgan fingerprint density at radius 2 is 1.97 bits per heavy atom. The van der Waals surface area contributed by atoms with Gasteiger partial charge in [-0.15, -0.1) is 0 Å². The van der Waals surface area contributed by atoms with Gasteiger partial charge in [-0.1, -0.05) is 40.6 Å². The number of rotatable bonds is 11. The number of aliphatic imine (C=N–C) groups is 2. The molecule has 4 nitrogen and oxygen atoms in total. The molecular formula is C31H37BrN2O2. The van der Waals surface area contributed by atoms with E-state index in [0.29, 0.717) is 5.92 Å². The summed E-state index contributed by atoms with van der Waals surface area (Å²) >= 11 is 3.67. The van der Waals surface area contributed by atoms with E-state index in [2.05, 4.69) is 79.2 Å². The largest absolute Gasteiger partial charge is 0.497 e. The minimum absolute atomic E-state index is 0.114. The number of allylic oxidation sites excluding steroid dienone is 3. The monoisotopic (exact) mass is 548 g/mol. The van der Waals surface area contributed by atoms with E-state index < -0.39 is 0 Å². The van der Waals surface area contributed by atoms with Crippen molar-refractivity contribution in [2.45, 2.75) is 52.5 Å². The van der Waals surface area contributed by atoms with Gasteiger partial charge in [-0.2, -0.15) is 0 Å². The Kier molecular flexibility index (Phi) is 10.7. The predicted octanol–water partition coefficient (Wildman–Crippen LogP) is 8.88. The molecule has 1 aliphatic carbocycles. The minimum atomic E-state index is 0.114. The van der Waals surface area contributed by atoms with Crippen LogP contribution in [0.2, 0.25) is 0 Å². The van der Waals surface area contributed by atoms with Crippen molar-refractivity contribution < 1.29 is 9.47 Å². The van der Waals surface area contributed by atoms with Crippen molar-refractivity contribution in [2.75, 3.05) is 14.2 Å². The zero-order chi connectivity index (χ0) is 25.9. The summed E-state index contributed by atoms with van der Waals surface area (Å²) in [6.45, 7) is 6.58. The summed E-state index contributed by atoms with van der Waals surface area (Å²) in [5.74, 6) is 2.31. The van der Waals surface area contributed by atoms with E-state index in [1.165, 1.54) is 12.0 Å². The molecule has 5 heteroatoms. The number of hydrogen-bond acceptors (Lipinski definition) is 4. The molecule has 2 unspecified atom stereocenters. The van der Waals surface area contributed by atoms with E-state index in [-0.39, 0.29) is 6.04 Å². The van der Waals surface area contributed by atoms with Crippen molar-refractivity contribution in [3.8, 4) is 16.9 Å². The lowest BCUT2D eigenvalue weighted by Gasteiger charge is -2.12. The molecule has 0 spiro atoms. The van der Waals surface area contributed by atoms with E-state index in [0.717, 1.165) is 57.6 Å². The second-order valence-electron chi connectivity index (χ2n) is 9.42. The number of ether oxygens (including phenoxy) is 2. The fourth-order valence-electron chi connectivity index (χ4n) is 3.99. The molecule has 190 valence electrons. The highest BCUT2D eigenvalue weighted by Crippen LogP contribution is 2.35. The third-order valence-corrected chi connectivity index (χ3v) is 6.53. The van der Waals surface area contributed by atoms with Crippen molar-refractivity contribution in [1.29, 1.82) is 0 Å². The van der Waals surface area contributed by atoms with Gasteiger partial charge >= 0.3 is 0 Å². The van der Waals surface area contributed by atoms with Crippen LogP contribution >= 0.6 is 15.9 Å². The molecule has 0 fully saturated rings. The molecule has 0 N–H and O–H groups in total. The van der Waals surface area contributed by atoms with Crippen LogP contribution < -0.4 is 4.74 Å². The first-order valence-corrected chi connectivity index (χ1v) is 13.3. The highest BCUT2D eigenvalue weighted by Gasteiger charge is 2.10. The summed E-state index contributed by atoms with van der Waals surface area (Å²) in [5, 5.41) is 0. The Morgan fingerprint density at radius 3 is 2.67 bits per heavy atom. The second-order valence-corrected chi connectivity index (χ2v) is 10.3. The molecule has 0 radical (unpaired) electrons. The summed E-state index contributed by atoms with van der Waals surface area (Å²) in [6, 6.07) is 12.5. The Bertz CT molecular complexity index is 1170. The van der Waals surface area contributed by atoms with Crippen molar-refractivity contribution in [3.05, 3.63) is 82.1 Å². The van der Waals surface area contributed by atoms with Gasteiger partial charge in [-0.25, -0.2) is 0 Å². The SMILES string of the molecule is COC1=CCC(/N=C/c2cc(Br)cc(-c3cc(/N=C/CC(C)CCC=C(C)C)ccc3OC)c2)C=C1. The smallest absolute Gasteiger partial charge is 0.126 e. The fourth-order valence-corrected chi connectivity index (χ4v) is 4.50. The van der Waals surface area contributed by atoms with E-state index in [9.17, 15) is 0 Å². The fraction of sp³-hybridized carbons (Fsp3) is 0.355. The Hall–Kier alpha value is -2.92. The van der Waals surface area contributed by atoms with Gasteiger partial charge in [0, 0.05) is 22.5 Å². The number of halogens is 1. The summed E-state index contributed by atoms with van der Waals surface area (Å²) in [4.78, 5) is 9.50. The van der Waals surface area contributed by atoms with E-state index in [1.54, 1.807) is 14.2 Å². The number of hydrogen-bond donors (Lipinski definition) is 0. The zero-order valence-electron chi connectivity index (χ0n) is 22.0. The Balaban J connectivity index is 1.75. The van der Waals surface area contributed by atoms with E-state index >= 15 is 0 Å². The Labute approximate surface area is 224 Å². The Morgan fingerprint density at radius 1 is 1.14 bits per heavy atom. The highest BCUT2D eigenvalue weighted by atomic mass is 79.9. The van der Waals surface area contributed by atoms with Gasteiger partial charge < -0.3 is 9.47 Å². The molecule has 0 saturated carbocycles. The molecule has 36 heavy (non-hydrogen) atoms. The maximum Gasteiger partial charge on any atom is 0.126 e.